The molecule has 0 heterocycles. The van der Waals surface area contributed by atoms with Gasteiger partial charge in [-0.1, -0.05) is 0 Å². The number of esters is 1. The number of rotatable bonds is 4. The molecule has 1 unspecified atom stereocenters. The van der Waals surface area contributed by atoms with Crippen LogP contribution in [-0.4, -0.2) is 23.6 Å². The predicted molar refractivity (Wildman–Crippen MR) is 45.3 cm³/mol. The molecule has 0 amide bonds. The molecule has 0 N–H and O–H groups in total. The summed E-state index contributed by atoms with van der Waals surface area (Å²) in [5.41, 5.74) is 0.0501. The molecule has 60 valence electrons. The largest absolute Gasteiger partial charge is 1.00 e. The van der Waals surface area contributed by atoms with E-state index in [1.807, 2.05) is 0 Å². The van der Waals surface area contributed by atoms with Gasteiger partial charge in [0.25, 0.3) is 0 Å². The fraction of sp³-hybridized carbons (Fsp3) is 0.600. The van der Waals surface area contributed by atoms with Gasteiger partial charge < -0.3 is 10.9 Å². The third-order valence-corrected chi connectivity index (χ3v) is 1.15. The van der Waals surface area contributed by atoms with Crippen molar-refractivity contribution in [2.45, 2.75) is 12.4 Å². The quantitative estimate of drug-likeness (QED) is 0.187. The van der Waals surface area contributed by atoms with Crippen LogP contribution in [0, 0.1) is 0 Å². The van der Waals surface area contributed by atoms with Crippen LogP contribution in [0.1, 0.15) is 8.35 Å². The van der Waals surface area contributed by atoms with Gasteiger partial charge in [0, 0.05) is 6.61 Å². The second-order valence-electron chi connectivity index (χ2n) is 1.34. The molecule has 0 aromatic carbocycles. The Morgan fingerprint density at radius 2 is 2.45 bits per heavy atom. The molecule has 0 fully saturated rings. The Balaban J connectivity index is -0.000000405. The Kier molecular flexibility index (Phi) is 11.7. The van der Waals surface area contributed by atoms with Crippen molar-refractivity contribution in [3.63, 3.8) is 0 Å². The fourth-order valence-electron chi connectivity index (χ4n) is 0.332. The molecule has 0 rings (SSSR count). The van der Waals surface area contributed by atoms with Gasteiger partial charge >= 0.3 is 35.5 Å². The van der Waals surface area contributed by atoms with E-state index in [0.29, 0.717) is 6.61 Å². The van der Waals surface area contributed by atoms with E-state index in [1.54, 1.807) is 6.92 Å². The van der Waals surface area contributed by atoms with Crippen LogP contribution in [0.5, 0.6) is 0 Å². The first-order chi connectivity index (χ1) is 4.72. The number of thiol groups is 1. The van der Waals surface area contributed by atoms with Crippen LogP contribution in [0.3, 0.4) is 0 Å². The van der Waals surface area contributed by atoms with Crippen molar-refractivity contribution >= 4 is 36.4 Å². The van der Waals surface area contributed by atoms with E-state index in [-0.39, 0.29) is 31.0 Å². The third kappa shape index (κ3) is 7.24. The molecule has 0 saturated heterocycles. The van der Waals surface area contributed by atoms with Crippen LogP contribution in [0.4, 0.5) is 0 Å². The van der Waals surface area contributed by atoms with E-state index >= 15 is 0 Å². The molecule has 0 aromatic heterocycles. The molecule has 0 aliphatic carbocycles. The van der Waals surface area contributed by atoms with Crippen LogP contribution in [-0.2, 0) is 14.3 Å². The molecule has 0 saturated carbocycles. The molecule has 0 radical (unpaired) electrons. The minimum Gasteiger partial charge on any atom is -1.00 e. The number of hydrogen-bond donors (Lipinski definition) is 1. The van der Waals surface area contributed by atoms with Gasteiger partial charge in [0.15, 0.2) is 11.0 Å². The standard InChI is InChI=1S/C5H8O3S2.Na.H/c1-2-7-5(10)4(6)8-3-9;;/h3,5,10H,2H2,1H3;;/q;+1;-1. The van der Waals surface area contributed by atoms with Crippen molar-refractivity contribution in [1.29, 1.82) is 0 Å². The number of carbonyl (C=O) groups excluding carboxylic acids is 1. The second-order valence-corrected chi connectivity index (χ2v) is 2.00. The minimum absolute atomic E-state index is 0. The Bertz CT molecular complexity index is 136. The summed E-state index contributed by atoms with van der Waals surface area (Å²) in [7, 11) is 0. The first kappa shape index (κ1) is 14.4. The maximum atomic E-state index is 10.6. The molecular formula is C5H9NaO3S2. The topological polar surface area (TPSA) is 35.5 Å². The second kappa shape index (κ2) is 8.96. The maximum Gasteiger partial charge on any atom is 1.00 e. The van der Waals surface area contributed by atoms with Crippen molar-refractivity contribution in [2.75, 3.05) is 6.61 Å². The summed E-state index contributed by atoms with van der Waals surface area (Å²) >= 11 is 8.05. The molecule has 0 bridgehead atoms. The van der Waals surface area contributed by atoms with E-state index < -0.39 is 11.4 Å². The number of ether oxygens (including phenoxy) is 2. The zero-order valence-corrected chi connectivity index (χ0v) is 10.2. The van der Waals surface area contributed by atoms with Crippen LogP contribution in [0.25, 0.3) is 0 Å². The van der Waals surface area contributed by atoms with Crippen LogP contribution in [0.15, 0.2) is 0 Å². The van der Waals surface area contributed by atoms with Crippen LogP contribution in [0.2, 0.25) is 0 Å². The molecule has 1 atom stereocenters. The number of thiocarbonyl (C=S) groups is 1. The maximum absolute atomic E-state index is 10.6. The Hall–Kier alpha value is 0.870. The van der Waals surface area contributed by atoms with Gasteiger partial charge in [-0.15, -0.1) is 12.6 Å². The monoisotopic (exact) mass is 204 g/mol. The van der Waals surface area contributed by atoms with E-state index in [1.165, 1.54) is 0 Å². The summed E-state index contributed by atoms with van der Waals surface area (Å²) in [6, 6.07) is 0. The average Bonchev–Trinajstić information content (AvgIpc) is 1.89. The first-order valence-corrected chi connectivity index (χ1v) is 3.65. The molecule has 3 nitrogen and oxygen atoms in total. The molecule has 0 spiro atoms. The van der Waals surface area contributed by atoms with Gasteiger partial charge in [0.05, 0.1) is 0 Å². The van der Waals surface area contributed by atoms with Crippen LogP contribution < -0.4 is 29.6 Å². The van der Waals surface area contributed by atoms with Gasteiger partial charge in [-0.05, 0) is 19.1 Å². The summed E-state index contributed by atoms with van der Waals surface area (Å²) < 4.78 is 9.09. The molecule has 11 heavy (non-hydrogen) atoms. The van der Waals surface area contributed by atoms with E-state index in [9.17, 15) is 4.79 Å². The normalized spacial score (nSPS) is 11.1. The van der Waals surface area contributed by atoms with E-state index in [0.717, 1.165) is 5.55 Å². The zero-order chi connectivity index (χ0) is 7.98. The summed E-state index contributed by atoms with van der Waals surface area (Å²) in [4.78, 5) is 10.6. The number of carbonyl (C=O) groups is 1. The van der Waals surface area contributed by atoms with Crippen molar-refractivity contribution in [2.24, 2.45) is 0 Å². The third-order valence-electron chi connectivity index (χ3n) is 0.690. The van der Waals surface area contributed by atoms with E-state index in [2.05, 4.69) is 29.6 Å². The van der Waals surface area contributed by atoms with Crippen molar-refractivity contribution < 1.29 is 45.3 Å². The van der Waals surface area contributed by atoms with E-state index in [4.69, 9.17) is 4.74 Å². The summed E-state index contributed by atoms with van der Waals surface area (Å²) in [6.07, 6.45) is 0. The SMILES string of the molecule is CCOC(S)C(=O)OC=S.[H-].[Na+]. The minimum atomic E-state index is -0.829. The molecule has 0 aliphatic rings. The Morgan fingerprint density at radius 3 is 2.82 bits per heavy atom. The molecule has 6 heteroatoms. The summed E-state index contributed by atoms with van der Waals surface area (Å²) in [5.74, 6) is -0.583. The van der Waals surface area contributed by atoms with Crippen LogP contribution >= 0.6 is 24.8 Å². The Labute approximate surface area is 100.0 Å². The molecular weight excluding hydrogens is 195 g/mol. The van der Waals surface area contributed by atoms with Gasteiger partial charge in [-0.25, -0.2) is 4.79 Å². The van der Waals surface area contributed by atoms with Crippen molar-refractivity contribution in [3.8, 4) is 0 Å². The molecule has 0 aliphatic heterocycles. The zero-order valence-electron chi connectivity index (χ0n) is 7.44. The fourth-order valence-corrected chi connectivity index (χ4v) is 0.636. The first-order valence-electron chi connectivity index (χ1n) is 2.66. The smallest absolute Gasteiger partial charge is 1.00 e. The summed E-state index contributed by atoms with van der Waals surface area (Å²) in [6.45, 7) is 2.18. The van der Waals surface area contributed by atoms with Gasteiger partial charge in [-0.3, -0.25) is 0 Å². The van der Waals surface area contributed by atoms with Gasteiger partial charge in [0.2, 0.25) is 0 Å². The van der Waals surface area contributed by atoms with Crippen molar-refractivity contribution in [3.05, 3.63) is 0 Å². The average molecular weight is 204 g/mol. The molecule has 0 aromatic rings. The van der Waals surface area contributed by atoms with Crippen molar-refractivity contribution in [1.82, 2.24) is 0 Å². The number of hydrogen-bond acceptors (Lipinski definition) is 5. The van der Waals surface area contributed by atoms with Gasteiger partial charge in [0.1, 0.15) is 0 Å². The van der Waals surface area contributed by atoms with Gasteiger partial charge in [-0.2, -0.15) is 0 Å². The predicted octanol–water partition coefficient (Wildman–Crippen LogP) is -2.10. The Morgan fingerprint density at radius 1 is 1.91 bits per heavy atom. The summed E-state index contributed by atoms with van der Waals surface area (Å²) in [5, 5.41) is 0.